The van der Waals surface area contributed by atoms with Crippen LogP contribution in [0, 0.1) is 0 Å². The summed E-state index contributed by atoms with van der Waals surface area (Å²) in [4.78, 5) is 12.4. The molecule has 4 N–H and O–H groups in total. The molecule has 0 radical (unpaired) electrons. The number of anilines is 2. The van der Waals surface area contributed by atoms with E-state index in [-0.39, 0.29) is 10.8 Å². The molecule has 0 aliphatic carbocycles. The Kier molecular flexibility index (Phi) is 7.17. The van der Waals surface area contributed by atoms with Gasteiger partial charge in [-0.15, -0.1) is 0 Å². The number of primary sulfonamides is 1. The molecule has 0 fully saturated rings. The van der Waals surface area contributed by atoms with Crippen LogP contribution in [0.15, 0.2) is 53.4 Å². The van der Waals surface area contributed by atoms with Crippen LogP contribution in [0.4, 0.5) is 11.4 Å². The summed E-state index contributed by atoms with van der Waals surface area (Å²) in [5, 5.41) is 10.9. The lowest BCUT2D eigenvalue weighted by Crippen LogP contribution is -2.32. The predicted octanol–water partition coefficient (Wildman–Crippen LogP) is 1.80. The number of sulfonamides is 1. The zero-order chi connectivity index (χ0) is 19.9. The Morgan fingerprint density at radius 3 is 2.59 bits per heavy atom. The maximum atomic E-state index is 12.4. The van der Waals surface area contributed by atoms with Crippen LogP contribution in [0.5, 0.6) is 5.75 Å². The maximum absolute atomic E-state index is 12.4. The van der Waals surface area contributed by atoms with Crippen LogP contribution in [0.2, 0.25) is 0 Å². The smallest absolute Gasteiger partial charge is 0.246 e. The molecule has 0 aliphatic heterocycles. The molecular weight excluding hydrogens is 370 g/mol. The second-order valence-electron chi connectivity index (χ2n) is 5.77. The van der Waals surface area contributed by atoms with Crippen molar-refractivity contribution in [3.8, 4) is 5.75 Å². The number of methoxy groups -OCH3 is 1. The molecule has 2 aromatic rings. The number of ether oxygens (including phenoxy) is 2. The standard InChI is InChI=1S/C18H23N3O5S/c1-13(20-16-8-3-4-9-17(16)26-11-10-25-2)18(22)21-14-6-5-7-15(12-14)27(19,23)24/h3-9,12-13,20H,10-11H2,1-2H3,(H,21,22)(H2,19,23,24). The first-order valence-electron chi connectivity index (χ1n) is 8.22. The van der Waals surface area contributed by atoms with E-state index in [0.717, 1.165) is 0 Å². The summed E-state index contributed by atoms with van der Waals surface area (Å²) in [7, 11) is -2.25. The van der Waals surface area contributed by atoms with Gasteiger partial charge in [-0.3, -0.25) is 4.79 Å². The van der Waals surface area contributed by atoms with E-state index in [0.29, 0.717) is 30.3 Å². The van der Waals surface area contributed by atoms with Crippen molar-refractivity contribution in [1.29, 1.82) is 0 Å². The Hall–Kier alpha value is -2.62. The molecule has 0 aromatic heterocycles. The first-order chi connectivity index (χ1) is 12.8. The number of para-hydroxylation sites is 2. The predicted molar refractivity (Wildman–Crippen MR) is 103 cm³/mol. The van der Waals surface area contributed by atoms with Crippen molar-refractivity contribution in [1.82, 2.24) is 0 Å². The molecule has 0 aliphatic rings. The van der Waals surface area contributed by atoms with Gasteiger partial charge in [0, 0.05) is 12.8 Å². The van der Waals surface area contributed by atoms with E-state index in [9.17, 15) is 13.2 Å². The van der Waals surface area contributed by atoms with Crippen LogP contribution < -0.4 is 20.5 Å². The van der Waals surface area contributed by atoms with E-state index >= 15 is 0 Å². The third kappa shape index (κ3) is 6.24. The zero-order valence-electron chi connectivity index (χ0n) is 15.1. The van der Waals surface area contributed by atoms with E-state index in [1.165, 1.54) is 18.2 Å². The lowest BCUT2D eigenvalue weighted by atomic mass is 10.2. The average molecular weight is 393 g/mol. The molecule has 27 heavy (non-hydrogen) atoms. The fourth-order valence-electron chi connectivity index (χ4n) is 2.25. The van der Waals surface area contributed by atoms with Gasteiger partial charge >= 0.3 is 0 Å². The van der Waals surface area contributed by atoms with E-state index < -0.39 is 16.1 Å². The van der Waals surface area contributed by atoms with Crippen LogP contribution in [0.1, 0.15) is 6.92 Å². The summed E-state index contributed by atoms with van der Waals surface area (Å²) in [5.74, 6) is 0.263. The SMILES string of the molecule is COCCOc1ccccc1NC(C)C(=O)Nc1cccc(S(N)(=O)=O)c1. The largest absolute Gasteiger partial charge is 0.489 e. The van der Waals surface area contributed by atoms with E-state index in [1.807, 2.05) is 12.1 Å². The fraction of sp³-hybridized carbons (Fsp3) is 0.278. The molecule has 0 spiro atoms. The summed E-state index contributed by atoms with van der Waals surface area (Å²) < 4.78 is 33.4. The third-order valence-electron chi connectivity index (χ3n) is 3.63. The number of carbonyl (C=O) groups is 1. The lowest BCUT2D eigenvalue weighted by Gasteiger charge is -2.18. The molecule has 2 rings (SSSR count). The first kappa shape index (κ1) is 20.7. The second kappa shape index (κ2) is 9.36. The van der Waals surface area contributed by atoms with Gasteiger partial charge in [-0.05, 0) is 37.3 Å². The van der Waals surface area contributed by atoms with Crippen molar-refractivity contribution in [3.05, 3.63) is 48.5 Å². The first-order valence-corrected chi connectivity index (χ1v) is 9.77. The van der Waals surface area contributed by atoms with Gasteiger partial charge in [0.2, 0.25) is 15.9 Å². The van der Waals surface area contributed by atoms with Crippen molar-refractivity contribution < 1.29 is 22.7 Å². The van der Waals surface area contributed by atoms with Crippen LogP contribution in [-0.4, -0.2) is 40.7 Å². The Bertz CT molecular complexity index is 886. The zero-order valence-corrected chi connectivity index (χ0v) is 16.0. The average Bonchev–Trinajstić information content (AvgIpc) is 2.63. The minimum atomic E-state index is -3.84. The van der Waals surface area contributed by atoms with Crippen LogP contribution in [-0.2, 0) is 19.6 Å². The highest BCUT2D eigenvalue weighted by Crippen LogP contribution is 2.24. The minimum Gasteiger partial charge on any atom is -0.489 e. The molecule has 2 aromatic carbocycles. The highest BCUT2D eigenvalue weighted by atomic mass is 32.2. The van der Waals surface area contributed by atoms with Crippen molar-refractivity contribution in [3.63, 3.8) is 0 Å². The summed E-state index contributed by atoms with van der Waals surface area (Å²) in [6, 6.07) is 12.4. The number of amides is 1. The quantitative estimate of drug-likeness (QED) is 0.559. The number of rotatable bonds is 9. The topological polar surface area (TPSA) is 120 Å². The van der Waals surface area contributed by atoms with Gasteiger partial charge in [-0.2, -0.15) is 0 Å². The summed E-state index contributed by atoms with van der Waals surface area (Å²) >= 11 is 0. The molecule has 1 atom stereocenters. The number of carbonyl (C=O) groups excluding carboxylic acids is 1. The van der Waals surface area contributed by atoms with Crippen molar-refractivity contribution in [2.75, 3.05) is 31.0 Å². The third-order valence-corrected chi connectivity index (χ3v) is 4.54. The number of hydrogen-bond donors (Lipinski definition) is 3. The van der Waals surface area contributed by atoms with Gasteiger partial charge in [0.25, 0.3) is 0 Å². The monoisotopic (exact) mass is 393 g/mol. The fourth-order valence-corrected chi connectivity index (χ4v) is 2.81. The molecule has 1 unspecified atom stereocenters. The molecule has 146 valence electrons. The van der Waals surface area contributed by atoms with Crippen LogP contribution in [0.25, 0.3) is 0 Å². The van der Waals surface area contributed by atoms with Crippen LogP contribution >= 0.6 is 0 Å². The Morgan fingerprint density at radius 2 is 1.89 bits per heavy atom. The minimum absolute atomic E-state index is 0.0715. The summed E-state index contributed by atoms with van der Waals surface area (Å²) in [6.45, 7) is 2.52. The van der Waals surface area contributed by atoms with Crippen LogP contribution in [0.3, 0.4) is 0 Å². The van der Waals surface area contributed by atoms with Crippen molar-refractivity contribution >= 4 is 27.3 Å². The van der Waals surface area contributed by atoms with Crippen molar-refractivity contribution in [2.24, 2.45) is 5.14 Å². The summed E-state index contributed by atoms with van der Waals surface area (Å²) in [5.41, 5.74) is 0.999. The molecule has 0 bridgehead atoms. The number of benzene rings is 2. The molecule has 1 amide bonds. The van der Waals surface area contributed by atoms with Gasteiger partial charge in [0.1, 0.15) is 18.4 Å². The Labute approximate surface area is 158 Å². The normalized spacial score (nSPS) is 12.3. The van der Waals surface area contributed by atoms with E-state index in [2.05, 4.69) is 10.6 Å². The second-order valence-corrected chi connectivity index (χ2v) is 7.33. The highest BCUT2D eigenvalue weighted by molar-refractivity contribution is 7.89. The molecule has 0 saturated carbocycles. The van der Waals surface area contributed by atoms with E-state index in [1.54, 1.807) is 32.2 Å². The van der Waals surface area contributed by atoms with Gasteiger partial charge in [-0.1, -0.05) is 18.2 Å². The molecule has 8 nitrogen and oxygen atoms in total. The highest BCUT2D eigenvalue weighted by Gasteiger charge is 2.16. The van der Waals surface area contributed by atoms with Crippen molar-refractivity contribution in [2.45, 2.75) is 17.9 Å². The molecule has 9 heteroatoms. The number of hydrogen-bond acceptors (Lipinski definition) is 6. The lowest BCUT2D eigenvalue weighted by molar-refractivity contribution is -0.116. The van der Waals surface area contributed by atoms with Gasteiger partial charge in [0.15, 0.2) is 0 Å². The summed E-state index contributed by atoms with van der Waals surface area (Å²) in [6.07, 6.45) is 0. The molecule has 0 saturated heterocycles. The van der Waals surface area contributed by atoms with E-state index in [4.69, 9.17) is 14.6 Å². The molecule has 0 heterocycles. The Morgan fingerprint density at radius 1 is 1.15 bits per heavy atom. The van der Waals surface area contributed by atoms with Gasteiger partial charge < -0.3 is 20.1 Å². The number of nitrogens with one attached hydrogen (secondary N) is 2. The molecular formula is C18H23N3O5S. The Balaban J connectivity index is 2.04. The van der Waals surface area contributed by atoms with Gasteiger partial charge in [-0.25, -0.2) is 13.6 Å². The number of nitrogens with two attached hydrogens (primary N) is 1. The maximum Gasteiger partial charge on any atom is 0.246 e. The van der Waals surface area contributed by atoms with Gasteiger partial charge in [0.05, 0.1) is 17.2 Å².